The van der Waals surface area contributed by atoms with Crippen molar-refractivity contribution in [2.24, 2.45) is 0 Å². The molecule has 2 nitrogen and oxygen atoms in total. The average molecular weight is 345 g/mol. The van der Waals surface area contributed by atoms with Crippen molar-refractivity contribution in [1.82, 2.24) is 10.2 Å². The van der Waals surface area contributed by atoms with Crippen LogP contribution in [0.4, 0.5) is 0 Å². The van der Waals surface area contributed by atoms with Crippen LogP contribution < -0.4 is 10.2 Å². The van der Waals surface area contributed by atoms with Crippen LogP contribution in [0.3, 0.4) is 0 Å². The first kappa shape index (κ1) is 22.4. The summed E-state index contributed by atoms with van der Waals surface area (Å²) in [6.07, 6.45) is 0. The van der Waals surface area contributed by atoms with Crippen molar-refractivity contribution in [3.8, 4) is 0 Å². The zero-order valence-electron chi connectivity index (χ0n) is 18.0. The molecule has 0 rings (SSSR count). The van der Waals surface area contributed by atoms with Crippen molar-refractivity contribution in [1.29, 1.82) is 0 Å². The van der Waals surface area contributed by atoms with Crippen LogP contribution in [0.25, 0.3) is 0 Å². The van der Waals surface area contributed by atoms with Gasteiger partial charge in [0.05, 0.1) is 0 Å². The maximum atomic E-state index is 3.98. The third-order valence-electron chi connectivity index (χ3n) is 6.56. The molecule has 0 heterocycles. The predicted octanol–water partition coefficient (Wildman–Crippen LogP) is 6.43. The molecule has 0 atom stereocenters. The molecule has 0 amide bonds. The second-order valence-electron chi connectivity index (χ2n) is 11.5. The van der Waals surface area contributed by atoms with Gasteiger partial charge in [-0.05, 0) is 20.2 Å². The van der Waals surface area contributed by atoms with E-state index in [2.05, 4.69) is 106 Å². The van der Waals surface area contributed by atoms with Gasteiger partial charge in [0.15, 0.2) is 0 Å². The molecule has 0 aliphatic rings. The third-order valence-corrected chi connectivity index (χ3v) is 20.1. The van der Waals surface area contributed by atoms with Gasteiger partial charge in [-0.3, -0.25) is 10.2 Å². The molecule has 0 fully saturated rings. The van der Waals surface area contributed by atoms with Crippen LogP contribution in [0.5, 0.6) is 0 Å². The maximum absolute atomic E-state index is 3.98. The number of rotatable bonds is 3. The van der Waals surface area contributed by atoms with Gasteiger partial charge < -0.3 is 0 Å². The smallest absolute Gasteiger partial charge is 0.148 e. The quantitative estimate of drug-likeness (QED) is 0.455. The van der Waals surface area contributed by atoms with Crippen LogP contribution in [-0.2, 0) is 0 Å². The highest BCUT2D eigenvalue weighted by Crippen LogP contribution is 2.51. The van der Waals surface area contributed by atoms with E-state index in [0.29, 0.717) is 20.2 Å². The van der Waals surface area contributed by atoms with Crippen LogP contribution in [0, 0.1) is 0 Å². The minimum absolute atomic E-state index is 0.295. The first-order chi connectivity index (χ1) is 9.21. The summed E-state index contributed by atoms with van der Waals surface area (Å²) in [4.78, 5) is 0. The van der Waals surface area contributed by atoms with Gasteiger partial charge in [-0.1, -0.05) is 96.2 Å². The van der Waals surface area contributed by atoms with Crippen molar-refractivity contribution >= 4 is 16.5 Å². The summed E-state index contributed by atoms with van der Waals surface area (Å²) < 4.78 is 0. The van der Waals surface area contributed by atoms with Crippen molar-refractivity contribution in [3.05, 3.63) is 0 Å². The summed E-state index contributed by atoms with van der Waals surface area (Å²) in [5, 5.41) is 9.14. The molecule has 4 heteroatoms. The van der Waals surface area contributed by atoms with Crippen LogP contribution in [-0.4, -0.2) is 16.5 Å². The van der Waals surface area contributed by atoms with Crippen LogP contribution in [0.15, 0.2) is 0 Å². The highest BCUT2D eigenvalue weighted by atomic mass is 28.3. The molecule has 0 aliphatic carbocycles. The lowest BCUT2D eigenvalue weighted by Gasteiger charge is -2.55. The van der Waals surface area contributed by atoms with E-state index in [1.165, 1.54) is 0 Å². The predicted molar refractivity (Wildman–Crippen MR) is 108 cm³/mol. The molecule has 22 heavy (non-hydrogen) atoms. The second kappa shape index (κ2) is 6.01. The summed E-state index contributed by atoms with van der Waals surface area (Å²) in [7, 11) is -3.49. The molecule has 0 unspecified atom stereocenters. The van der Waals surface area contributed by atoms with Gasteiger partial charge in [-0.2, -0.15) is 0 Å². The Morgan fingerprint density at radius 3 is 0.636 bits per heavy atom. The van der Waals surface area contributed by atoms with E-state index in [1.54, 1.807) is 0 Å². The van der Waals surface area contributed by atoms with Crippen molar-refractivity contribution < 1.29 is 0 Å². The Morgan fingerprint density at radius 2 is 0.545 bits per heavy atom. The van der Waals surface area contributed by atoms with Crippen LogP contribution in [0.1, 0.15) is 83.1 Å². The first-order valence-corrected chi connectivity index (χ1v) is 13.8. The fraction of sp³-hybridized carbons (Fsp3) is 1.00. The zero-order chi connectivity index (χ0) is 18.4. The topological polar surface area (TPSA) is 24.1 Å². The van der Waals surface area contributed by atoms with Gasteiger partial charge in [-0.25, -0.2) is 0 Å². The molecule has 2 N–H and O–H groups in total. The molecular weight excluding hydrogens is 300 g/mol. The maximum Gasteiger partial charge on any atom is 0.148 e. The molecule has 134 valence electrons. The number of hydrogen-bond acceptors (Lipinski definition) is 2. The average Bonchev–Trinajstić information content (AvgIpc) is 2.18. The largest absolute Gasteiger partial charge is 0.284 e. The van der Waals surface area contributed by atoms with Crippen molar-refractivity contribution in [2.75, 3.05) is 0 Å². The van der Waals surface area contributed by atoms with Gasteiger partial charge in [0, 0.05) is 0 Å². The zero-order valence-corrected chi connectivity index (χ0v) is 20.0. The molecule has 0 saturated heterocycles. The fourth-order valence-corrected chi connectivity index (χ4v) is 11.2. The second-order valence-corrected chi connectivity index (χ2v) is 22.5. The Balaban J connectivity index is 5.72. The summed E-state index contributed by atoms with van der Waals surface area (Å²) >= 11 is 0. The van der Waals surface area contributed by atoms with Gasteiger partial charge >= 0.3 is 0 Å². The van der Waals surface area contributed by atoms with E-state index in [4.69, 9.17) is 0 Å². The monoisotopic (exact) mass is 344 g/mol. The van der Waals surface area contributed by atoms with E-state index >= 15 is 0 Å². The number of hydrazine groups is 1. The lowest BCUT2D eigenvalue weighted by Crippen LogP contribution is -2.74. The SMILES string of the molecule is CC(C)(C)[Si](C)(NN[Si](C)(C(C)(C)C)C(C)(C)C)C(C)(C)C. The highest BCUT2D eigenvalue weighted by Gasteiger charge is 2.54. The van der Waals surface area contributed by atoms with Crippen molar-refractivity contribution in [2.45, 2.75) is 116 Å². The Morgan fingerprint density at radius 1 is 0.409 bits per heavy atom. The van der Waals surface area contributed by atoms with Gasteiger partial charge in [0.2, 0.25) is 0 Å². The molecule has 0 radical (unpaired) electrons. The normalized spacial score (nSPS) is 16.1. The molecule has 0 bridgehead atoms. The molecule has 0 spiro atoms. The van der Waals surface area contributed by atoms with Crippen LogP contribution >= 0.6 is 0 Å². The van der Waals surface area contributed by atoms with Gasteiger partial charge in [0.25, 0.3) is 0 Å². The lowest BCUT2D eigenvalue weighted by molar-refractivity contribution is 0.539. The lowest BCUT2D eigenvalue weighted by atomic mass is 10.2. The Bertz CT molecular complexity index is 310. The number of hydrogen-bond donors (Lipinski definition) is 2. The van der Waals surface area contributed by atoms with Crippen molar-refractivity contribution in [3.63, 3.8) is 0 Å². The Kier molecular flexibility index (Phi) is 6.11. The summed E-state index contributed by atoms with van der Waals surface area (Å²) in [6, 6.07) is 0. The van der Waals surface area contributed by atoms with Gasteiger partial charge in [-0.15, -0.1) is 0 Å². The molecule has 0 aromatic carbocycles. The minimum Gasteiger partial charge on any atom is -0.284 e. The van der Waals surface area contributed by atoms with E-state index in [-0.39, 0.29) is 0 Å². The Labute approximate surface area is 143 Å². The van der Waals surface area contributed by atoms with Gasteiger partial charge in [0.1, 0.15) is 16.5 Å². The minimum atomic E-state index is -1.75. The summed E-state index contributed by atoms with van der Waals surface area (Å²) in [5.74, 6) is 0. The number of nitrogens with one attached hydrogen (secondary N) is 2. The third kappa shape index (κ3) is 4.06. The standard InChI is InChI=1S/C18H44N2Si2/c1-15(2,3)21(13,16(4,5)6)19-20-22(14,17(7,8)9)18(10,11)12/h19-20H,1-14H3. The molecular formula is C18H44N2Si2. The summed E-state index contributed by atoms with van der Waals surface area (Å²) in [6.45, 7) is 33.7. The Hall–Kier alpha value is 0.354. The molecule has 0 aromatic rings. The molecule has 0 saturated carbocycles. The highest BCUT2D eigenvalue weighted by molar-refractivity contribution is 6.85. The summed E-state index contributed by atoms with van der Waals surface area (Å²) in [5.41, 5.74) is 0. The van der Waals surface area contributed by atoms with E-state index in [9.17, 15) is 0 Å². The molecule has 0 aliphatic heterocycles. The molecule has 0 aromatic heterocycles. The van der Waals surface area contributed by atoms with E-state index in [0.717, 1.165) is 0 Å². The van der Waals surface area contributed by atoms with E-state index in [1.807, 2.05) is 0 Å². The van der Waals surface area contributed by atoms with E-state index < -0.39 is 16.5 Å². The first-order valence-electron chi connectivity index (χ1n) is 8.75. The van der Waals surface area contributed by atoms with Crippen LogP contribution in [0.2, 0.25) is 33.2 Å². The fourth-order valence-electron chi connectivity index (χ4n) is 3.25.